The summed E-state index contributed by atoms with van der Waals surface area (Å²) < 4.78 is 19.0. The van der Waals surface area contributed by atoms with Gasteiger partial charge in [-0.15, -0.1) is 0 Å². The van der Waals surface area contributed by atoms with Crippen LogP contribution in [0.4, 0.5) is 10.1 Å². The Morgan fingerprint density at radius 3 is 2.79 bits per heavy atom. The van der Waals surface area contributed by atoms with Crippen LogP contribution in [0.2, 0.25) is 0 Å². The molecular weight excluding hydrogens is 383 g/mol. The molecule has 10 heteroatoms. The van der Waals surface area contributed by atoms with Crippen LogP contribution in [0.5, 0.6) is 0 Å². The maximum Gasteiger partial charge on any atom is 0.291 e. The summed E-state index contributed by atoms with van der Waals surface area (Å²) in [6, 6.07) is 3.38. The summed E-state index contributed by atoms with van der Waals surface area (Å²) in [5.41, 5.74) is 4.57. The number of ether oxygens (including phenoxy) is 1. The fraction of sp³-hybridized carbons (Fsp3) is 0.474. The largest absolute Gasteiger partial charge is 0.383 e. The predicted octanol–water partition coefficient (Wildman–Crippen LogP) is -1.57. The number of primary amides is 1. The molecule has 2 fully saturated rings. The third-order valence-corrected chi connectivity index (χ3v) is 6.17. The Morgan fingerprint density at radius 1 is 1.34 bits per heavy atom. The quantitative estimate of drug-likeness (QED) is 0.492. The molecule has 0 aromatic heterocycles. The number of rotatable bonds is 6. The molecule has 1 aromatic rings. The number of carbonyl (C=O) groups is 4. The number of nitrogens with two attached hydrogens (primary N) is 2. The number of hydrogen-bond acceptors (Lipinski definition) is 5. The first-order valence-electron chi connectivity index (χ1n) is 9.41. The summed E-state index contributed by atoms with van der Waals surface area (Å²) in [7, 11) is 1.46. The van der Waals surface area contributed by atoms with E-state index in [2.05, 4.69) is 5.32 Å². The topological polar surface area (TPSA) is 135 Å². The fourth-order valence-electron chi connectivity index (χ4n) is 4.97. The molecule has 3 aliphatic heterocycles. The smallest absolute Gasteiger partial charge is 0.291 e. The van der Waals surface area contributed by atoms with Crippen molar-refractivity contribution in [3.63, 3.8) is 0 Å². The molecule has 4 amide bonds. The highest BCUT2D eigenvalue weighted by Gasteiger charge is 2.74. The lowest BCUT2D eigenvalue weighted by Crippen LogP contribution is -2.99. The van der Waals surface area contributed by atoms with Crippen LogP contribution in [0.1, 0.15) is 18.4 Å². The Bertz CT molecular complexity index is 922. The van der Waals surface area contributed by atoms with Gasteiger partial charge in [-0.1, -0.05) is 0 Å². The maximum atomic E-state index is 14.0. The summed E-state index contributed by atoms with van der Waals surface area (Å²) in [5.74, 6) is -4.24. The zero-order valence-electron chi connectivity index (χ0n) is 15.8. The van der Waals surface area contributed by atoms with Crippen LogP contribution in [-0.2, 0) is 29.5 Å². The van der Waals surface area contributed by atoms with Gasteiger partial charge in [-0.3, -0.25) is 24.1 Å². The lowest BCUT2D eigenvalue weighted by Gasteiger charge is -2.26. The number of nitrogens with zero attached hydrogens (tertiary/aromatic N) is 1. The standard InChI is InChI=1S/C19H21FN4O5/c1-29-7-6-24-16(26)14-12(4-5-13(21)25)23-19(15(14)17(24)27)10-8-9(20)2-3-11(10)22-18(19)28/h2-3,8,12,14-15,23H,4-7H2,1H3,(H2,21,25)(H,22,28)/p+1/t12-,14-,15+,19-/m1/s1. The van der Waals surface area contributed by atoms with Crippen molar-refractivity contribution in [3.8, 4) is 0 Å². The molecule has 0 aliphatic carbocycles. The second-order valence-corrected chi connectivity index (χ2v) is 7.67. The zero-order valence-corrected chi connectivity index (χ0v) is 15.8. The molecule has 0 unspecified atom stereocenters. The van der Waals surface area contributed by atoms with Gasteiger partial charge >= 0.3 is 0 Å². The van der Waals surface area contributed by atoms with E-state index in [1.54, 1.807) is 5.32 Å². The van der Waals surface area contributed by atoms with Gasteiger partial charge in [-0.2, -0.15) is 0 Å². The first-order chi connectivity index (χ1) is 13.8. The van der Waals surface area contributed by atoms with Gasteiger partial charge in [0.2, 0.25) is 23.3 Å². The molecule has 4 rings (SSSR count). The van der Waals surface area contributed by atoms with Crippen molar-refractivity contribution < 1.29 is 33.6 Å². The third kappa shape index (κ3) is 2.74. The molecule has 0 bridgehead atoms. The van der Waals surface area contributed by atoms with E-state index in [9.17, 15) is 23.6 Å². The molecule has 9 nitrogen and oxygen atoms in total. The van der Waals surface area contributed by atoms with Crippen molar-refractivity contribution >= 4 is 29.3 Å². The average Bonchev–Trinajstić information content (AvgIpc) is 3.24. The monoisotopic (exact) mass is 405 g/mol. The van der Waals surface area contributed by atoms with Crippen LogP contribution in [0.25, 0.3) is 0 Å². The van der Waals surface area contributed by atoms with E-state index >= 15 is 0 Å². The van der Waals surface area contributed by atoms with Crippen molar-refractivity contribution in [2.24, 2.45) is 17.6 Å². The average molecular weight is 405 g/mol. The number of nitrogens with one attached hydrogen (secondary N) is 1. The first-order valence-corrected chi connectivity index (χ1v) is 9.41. The van der Waals surface area contributed by atoms with E-state index in [0.29, 0.717) is 11.3 Å². The van der Waals surface area contributed by atoms with E-state index in [1.165, 1.54) is 25.3 Å². The SMILES string of the molecule is COCCN1C(=O)[C@H]2[C@@H](C1=O)[C@@]1([NH2+][C@@H]2CCC(N)=O)C(=O)Nc2ccc(F)cc21. The van der Waals surface area contributed by atoms with Crippen LogP contribution in [0, 0.1) is 17.7 Å². The number of anilines is 1. The molecule has 1 aromatic carbocycles. The number of carbonyl (C=O) groups excluding carboxylic acids is 4. The Hall–Kier alpha value is -2.85. The molecule has 3 aliphatic rings. The molecule has 3 heterocycles. The van der Waals surface area contributed by atoms with Gasteiger partial charge in [0.15, 0.2) is 0 Å². The molecule has 4 atom stereocenters. The summed E-state index contributed by atoms with van der Waals surface area (Å²) in [4.78, 5) is 51.9. The number of amides is 4. The van der Waals surface area contributed by atoms with Gasteiger partial charge in [-0.25, -0.2) is 4.39 Å². The molecule has 154 valence electrons. The number of halogens is 1. The number of quaternary nitrogens is 1. The number of methoxy groups -OCH3 is 1. The van der Waals surface area contributed by atoms with Gasteiger partial charge in [0.1, 0.15) is 23.7 Å². The zero-order chi connectivity index (χ0) is 20.9. The van der Waals surface area contributed by atoms with Crippen LogP contribution in [0.3, 0.4) is 0 Å². The van der Waals surface area contributed by atoms with Crippen molar-refractivity contribution in [3.05, 3.63) is 29.6 Å². The second kappa shape index (κ2) is 6.89. The van der Waals surface area contributed by atoms with Crippen molar-refractivity contribution in [2.75, 3.05) is 25.6 Å². The Kier molecular flexibility index (Phi) is 4.62. The molecule has 0 saturated carbocycles. The normalized spacial score (nSPS) is 30.1. The van der Waals surface area contributed by atoms with Crippen molar-refractivity contribution in [1.82, 2.24) is 4.90 Å². The molecule has 5 N–H and O–H groups in total. The van der Waals surface area contributed by atoms with E-state index < -0.39 is 52.9 Å². The fourth-order valence-corrected chi connectivity index (χ4v) is 4.97. The lowest BCUT2D eigenvalue weighted by molar-refractivity contribution is -0.734. The minimum absolute atomic E-state index is 0.0115. The van der Waals surface area contributed by atoms with E-state index in [4.69, 9.17) is 10.5 Å². The van der Waals surface area contributed by atoms with Crippen LogP contribution in [0.15, 0.2) is 18.2 Å². The van der Waals surface area contributed by atoms with E-state index in [0.717, 1.165) is 4.90 Å². The Balaban J connectivity index is 1.81. The highest BCUT2D eigenvalue weighted by Crippen LogP contribution is 2.49. The lowest BCUT2D eigenvalue weighted by atomic mass is 9.76. The van der Waals surface area contributed by atoms with Gasteiger partial charge in [0.25, 0.3) is 5.91 Å². The van der Waals surface area contributed by atoms with Gasteiger partial charge in [0, 0.05) is 25.5 Å². The minimum Gasteiger partial charge on any atom is -0.383 e. The van der Waals surface area contributed by atoms with Gasteiger partial charge in [-0.05, 0) is 18.2 Å². The molecule has 29 heavy (non-hydrogen) atoms. The molecule has 2 saturated heterocycles. The molecular formula is C19H22FN4O5+. The summed E-state index contributed by atoms with van der Waals surface area (Å²) in [6.45, 7) is 0.231. The summed E-state index contributed by atoms with van der Waals surface area (Å²) >= 11 is 0. The number of fused-ring (bicyclic) bond motifs is 4. The summed E-state index contributed by atoms with van der Waals surface area (Å²) in [6.07, 6.45) is 0.241. The molecule has 0 radical (unpaired) electrons. The van der Waals surface area contributed by atoms with Gasteiger partial charge in [0.05, 0.1) is 18.8 Å². The first kappa shape index (κ1) is 19.5. The highest BCUT2D eigenvalue weighted by atomic mass is 19.1. The van der Waals surface area contributed by atoms with Crippen molar-refractivity contribution in [1.29, 1.82) is 0 Å². The van der Waals surface area contributed by atoms with E-state index in [1.807, 2.05) is 0 Å². The Morgan fingerprint density at radius 2 is 2.10 bits per heavy atom. The molecule has 1 spiro atoms. The number of benzene rings is 1. The minimum atomic E-state index is -1.46. The van der Waals surface area contributed by atoms with E-state index in [-0.39, 0.29) is 26.0 Å². The Labute approximate surface area is 165 Å². The summed E-state index contributed by atoms with van der Waals surface area (Å²) in [5, 5.41) is 4.36. The van der Waals surface area contributed by atoms with Crippen LogP contribution < -0.4 is 16.4 Å². The third-order valence-electron chi connectivity index (χ3n) is 6.17. The number of hydrogen-bond donors (Lipinski definition) is 3. The second-order valence-electron chi connectivity index (χ2n) is 7.67. The van der Waals surface area contributed by atoms with Crippen molar-refractivity contribution in [2.45, 2.75) is 24.4 Å². The highest BCUT2D eigenvalue weighted by molar-refractivity contribution is 6.13. The van der Waals surface area contributed by atoms with Crippen LogP contribution in [-0.4, -0.2) is 54.8 Å². The van der Waals surface area contributed by atoms with Crippen LogP contribution >= 0.6 is 0 Å². The van der Waals surface area contributed by atoms with Gasteiger partial charge < -0.3 is 21.1 Å². The number of imide groups is 1. The maximum absolute atomic E-state index is 14.0. The number of likely N-dealkylation sites (tertiary alicyclic amines) is 1. The predicted molar refractivity (Wildman–Crippen MR) is 96.4 cm³/mol.